The van der Waals surface area contributed by atoms with Gasteiger partial charge in [0.1, 0.15) is 13.2 Å². The molecule has 2 aromatic rings. The highest BCUT2D eigenvalue weighted by molar-refractivity contribution is 9.10. The summed E-state index contributed by atoms with van der Waals surface area (Å²) >= 11 is 3.61. The molecule has 1 heterocycles. The molecule has 3 rings (SSSR count). The second-order valence-electron chi connectivity index (χ2n) is 7.31. The number of amides is 1. The van der Waals surface area contributed by atoms with Crippen LogP contribution in [0.15, 0.2) is 63.8 Å². The zero-order valence-corrected chi connectivity index (χ0v) is 19.9. The number of hydrogen-bond acceptors (Lipinski definition) is 6. The number of ether oxygens (including phenoxy) is 2. The Labute approximate surface area is 196 Å². The van der Waals surface area contributed by atoms with E-state index in [1.807, 2.05) is 62.4 Å². The quantitative estimate of drug-likeness (QED) is 0.434. The van der Waals surface area contributed by atoms with E-state index in [9.17, 15) is 9.59 Å². The van der Waals surface area contributed by atoms with Crippen LogP contribution < -0.4 is 5.32 Å². The van der Waals surface area contributed by atoms with E-state index in [1.54, 1.807) is 11.9 Å². The van der Waals surface area contributed by atoms with Crippen LogP contribution in [-0.2, 0) is 32.2 Å². The van der Waals surface area contributed by atoms with Crippen molar-refractivity contribution < 1.29 is 19.1 Å². The highest BCUT2D eigenvalue weighted by Gasteiger charge is 2.32. The van der Waals surface area contributed by atoms with E-state index in [-0.39, 0.29) is 25.5 Å². The van der Waals surface area contributed by atoms with Crippen LogP contribution in [0, 0.1) is 0 Å². The van der Waals surface area contributed by atoms with Gasteiger partial charge in [-0.05, 0) is 38.0 Å². The molecule has 1 aliphatic heterocycles. The minimum absolute atomic E-state index is 0.240. The molecule has 0 saturated carbocycles. The maximum Gasteiger partial charge on any atom is 0.325 e. The van der Waals surface area contributed by atoms with Crippen molar-refractivity contribution in [2.75, 3.05) is 13.2 Å². The van der Waals surface area contributed by atoms with E-state index >= 15 is 0 Å². The third-order valence-corrected chi connectivity index (χ3v) is 5.35. The first-order valence-corrected chi connectivity index (χ1v) is 11.1. The fourth-order valence-corrected chi connectivity index (χ4v) is 3.77. The SMILES string of the molecule is CCOC(=O)CNC(=O)C1=C(OCc2ccccc2)c2cccc(Br)c2CN1N=C(C)C. The first kappa shape index (κ1) is 23.5. The van der Waals surface area contributed by atoms with Crippen LogP contribution in [0.2, 0.25) is 0 Å². The lowest BCUT2D eigenvalue weighted by Gasteiger charge is -2.31. The lowest BCUT2D eigenvalue weighted by Crippen LogP contribution is -2.39. The van der Waals surface area contributed by atoms with Crippen molar-refractivity contribution in [1.29, 1.82) is 0 Å². The average Bonchev–Trinajstić information content (AvgIpc) is 2.77. The Morgan fingerprint density at radius 1 is 1.12 bits per heavy atom. The molecule has 0 aliphatic carbocycles. The summed E-state index contributed by atoms with van der Waals surface area (Å²) in [7, 11) is 0. The molecular weight excluding hydrogens is 474 g/mol. The van der Waals surface area contributed by atoms with Crippen molar-refractivity contribution in [2.24, 2.45) is 5.10 Å². The van der Waals surface area contributed by atoms with E-state index in [2.05, 4.69) is 26.3 Å². The molecule has 168 valence electrons. The number of carbonyl (C=O) groups excluding carboxylic acids is 2. The highest BCUT2D eigenvalue weighted by atomic mass is 79.9. The van der Waals surface area contributed by atoms with Gasteiger partial charge in [-0.2, -0.15) is 5.10 Å². The van der Waals surface area contributed by atoms with Gasteiger partial charge in [0, 0.05) is 15.7 Å². The summed E-state index contributed by atoms with van der Waals surface area (Å²) in [6.45, 7) is 6.09. The first-order valence-electron chi connectivity index (χ1n) is 10.3. The predicted molar refractivity (Wildman–Crippen MR) is 126 cm³/mol. The molecule has 0 saturated heterocycles. The maximum atomic E-state index is 13.2. The van der Waals surface area contributed by atoms with E-state index < -0.39 is 11.9 Å². The molecule has 1 N–H and O–H groups in total. The van der Waals surface area contributed by atoms with Crippen LogP contribution in [0.5, 0.6) is 0 Å². The number of carbonyl (C=O) groups is 2. The lowest BCUT2D eigenvalue weighted by atomic mass is 10.00. The second kappa shape index (κ2) is 10.9. The van der Waals surface area contributed by atoms with Crippen LogP contribution in [0.25, 0.3) is 5.76 Å². The fourth-order valence-electron chi connectivity index (χ4n) is 3.28. The molecular formula is C24H26BrN3O4. The molecule has 1 aliphatic rings. The Bertz CT molecular complexity index is 1050. The number of nitrogens with one attached hydrogen (secondary N) is 1. The van der Waals surface area contributed by atoms with Gasteiger partial charge in [0.15, 0.2) is 11.5 Å². The first-order chi connectivity index (χ1) is 15.4. The number of hydrazone groups is 1. The van der Waals surface area contributed by atoms with Gasteiger partial charge >= 0.3 is 5.97 Å². The van der Waals surface area contributed by atoms with Gasteiger partial charge in [-0.15, -0.1) is 0 Å². The molecule has 2 aromatic carbocycles. The van der Waals surface area contributed by atoms with E-state index in [4.69, 9.17) is 9.47 Å². The standard InChI is InChI=1S/C24H26BrN3O4/c1-4-31-21(29)13-26-24(30)22-23(32-15-17-9-6-5-7-10-17)18-11-8-12-20(25)19(18)14-28(22)27-16(2)3/h5-12H,4,13-15H2,1-3H3,(H,26,30). The highest BCUT2D eigenvalue weighted by Crippen LogP contribution is 2.37. The van der Waals surface area contributed by atoms with E-state index in [1.165, 1.54) is 0 Å². The van der Waals surface area contributed by atoms with Crippen LogP contribution in [0.1, 0.15) is 37.5 Å². The van der Waals surface area contributed by atoms with Crippen molar-refractivity contribution in [3.05, 3.63) is 75.4 Å². The Kier molecular flexibility index (Phi) is 8.05. The summed E-state index contributed by atoms with van der Waals surface area (Å²) in [4.78, 5) is 25.0. The normalized spacial score (nSPS) is 12.7. The topological polar surface area (TPSA) is 80.2 Å². The summed E-state index contributed by atoms with van der Waals surface area (Å²) in [6, 6.07) is 15.5. The van der Waals surface area contributed by atoms with Crippen molar-refractivity contribution in [2.45, 2.75) is 33.9 Å². The molecule has 7 nitrogen and oxygen atoms in total. The van der Waals surface area contributed by atoms with Gasteiger partial charge in [0.2, 0.25) is 0 Å². The Hall–Kier alpha value is -3.13. The van der Waals surface area contributed by atoms with Crippen molar-refractivity contribution in [1.82, 2.24) is 10.3 Å². The molecule has 0 bridgehead atoms. The molecule has 1 amide bonds. The number of halogens is 1. The van der Waals surface area contributed by atoms with E-state index in [0.717, 1.165) is 26.9 Å². The van der Waals surface area contributed by atoms with Crippen LogP contribution >= 0.6 is 15.9 Å². The zero-order valence-electron chi connectivity index (χ0n) is 18.4. The van der Waals surface area contributed by atoms with Crippen molar-refractivity contribution >= 4 is 39.3 Å². The van der Waals surface area contributed by atoms with Crippen molar-refractivity contribution in [3.8, 4) is 0 Å². The zero-order chi connectivity index (χ0) is 23.1. The van der Waals surface area contributed by atoms with Gasteiger partial charge in [-0.1, -0.05) is 58.4 Å². The van der Waals surface area contributed by atoms with Crippen molar-refractivity contribution in [3.63, 3.8) is 0 Å². The predicted octanol–water partition coefficient (Wildman–Crippen LogP) is 4.23. The van der Waals surface area contributed by atoms with Gasteiger partial charge in [0.25, 0.3) is 5.91 Å². The molecule has 32 heavy (non-hydrogen) atoms. The largest absolute Gasteiger partial charge is 0.486 e. The fraction of sp³-hybridized carbons (Fsp3) is 0.292. The van der Waals surface area contributed by atoms with E-state index in [0.29, 0.717) is 12.3 Å². The summed E-state index contributed by atoms with van der Waals surface area (Å²) in [6.07, 6.45) is 0. The molecule has 0 spiro atoms. The summed E-state index contributed by atoms with van der Waals surface area (Å²) in [5.74, 6) is -0.562. The van der Waals surface area contributed by atoms with Gasteiger partial charge < -0.3 is 14.8 Å². The van der Waals surface area contributed by atoms with Gasteiger partial charge in [-0.3, -0.25) is 14.6 Å². The summed E-state index contributed by atoms with van der Waals surface area (Å²) in [5.41, 5.74) is 3.75. The summed E-state index contributed by atoms with van der Waals surface area (Å²) in [5, 5.41) is 8.82. The third-order valence-electron chi connectivity index (χ3n) is 4.60. The number of hydrogen-bond donors (Lipinski definition) is 1. The van der Waals surface area contributed by atoms with Crippen LogP contribution in [0.4, 0.5) is 0 Å². The lowest BCUT2D eigenvalue weighted by molar-refractivity contribution is -0.143. The number of rotatable bonds is 8. The number of benzene rings is 2. The van der Waals surface area contributed by atoms with Gasteiger partial charge in [-0.25, -0.2) is 0 Å². The minimum atomic E-state index is -0.506. The van der Waals surface area contributed by atoms with Crippen LogP contribution in [0.3, 0.4) is 0 Å². The Morgan fingerprint density at radius 3 is 2.56 bits per heavy atom. The minimum Gasteiger partial charge on any atom is -0.486 e. The summed E-state index contributed by atoms with van der Waals surface area (Å²) < 4.78 is 12.0. The maximum absolute atomic E-state index is 13.2. The molecule has 0 unspecified atom stereocenters. The number of fused-ring (bicyclic) bond motifs is 1. The van der Waals surface area contributed by atoms with Gasteiger partial charge in [0.05, 0.1) is 13.2 Å². The number of nitrogens with zero attached hydrogens (tertiary/aromatic N) is 2. The third kappa shape index (κ3) is 5.76. The Morgan fingerprint density at radius 2 is 1.88 bits per heavy atom. The molecule has 0 fully saturated rings. The monoisotopic (exact) mass is 499 g/mol. The smallest absolute Gasteiger partial charge is 0.325 e. The molecule has 0 aromatic heterocycles. The molecule has 8 heteroatoms. The Balaban J connectivity index is 2.04. The number of esters is 1. The average molecular weight is 500 g/mol. The molecule has 0 atom stereocenters. The molecule has 0 radical (unpaired) electrons. The second-order valence-corrected chi connectivity index (χ2v) is 8.16. The van der Waals surface area contributed by atoms with Crippen LogP contribution in [-0.4, -0.2) is 35.7 Å².